The average molecular weight is 404 g/mol. The number of carbonyl (C=O) groups is 1. The van der Waals surface area contributed by atoms with E-state index in [4.69, 9.17) is 9.41 Å². The molecule has 1 saturated carbocycles. The van der Waals surface area contributed by atoms with Crippen molar-refractivity contribution >= 4 is 22.7 Å². The van der Waals surface area contributed by atoms with Gasteiger partial charge in [0.15, 0.2) is 5.76 Å². The summed E-state index contributed by atoms with van der Waals surface area (Å²) in [5.41, 5.74) is 2.15. The van der Waals surface area contributed by atoms with Gasteiger partial charge >= 0.3 is 0 Å². The van der Waals surface area contributed by atoms with Gasteiger partial charge in [-0.1, -0.05) is 26.2 Å². The first kappa shape index (κ1) is 20.0. The van der Waals surface area contributed by atoms with Gasteiger partial charge in [0.05, 0.1) is 17.3 Å². The number of fused-ring (bicyclic) bond motifs is 3. The number of aliphatic imine (C=N–C) groups is 1. The van der Waals surface area contributed by atoms with E-state index in [0.29, 0.717) is 17.1 Å². The van der Waals surface area contributed by atoms with Gasteiger partial charge in [-0.05, 0) is 46.6 Å². The molecule has 6 heteroatoms. The van der Waals surface area contributed by atoms with Crippen molar-refractivity contribution in [2.75, 3.05) is 7.05 Å². The topological polar surface area (TPSA) is 57.8 Å². The van der Waals surface area contributed by atoms with Crippen molar-refractivity contribution < 1.29 is 9.21 Å². The van der Waals surface area contributed by atoms with E-state index in [9.17, 15) is 4.79 Å². The lowest BCUT2D eigenvalue weighted by molar-refractivity contribution is 0.0742. The number of thioether (sulfide) groups is 1. The maximum Gasteiger partial charge on any atom is 0.288 e. The van der Waals surface area contributed by atoms with Crippen LogP contribution in [0.3, 0.4) is 0 Å². The minimum absolute atomic E-state index is 0.0483. The predicted octanol–water partition coefficient (Wildman–Crippen LogP) is 4.84. The summed E-state index contributed by atoms with van der Waals surface area (Å²) >= 11 is 1.87. The van der Waals surface area contributed by atoms with Crippen LogP contribution in [0.1, 0.15) is 92.3 Å². The number of hydrogen-bond acceptors (Lipinski definition) is 5. The molecule has 4 rings (SSSR count). The van der Waals surface area contributed by atoms with Gasteiger partial charge in [-0.25, -0.2) is 0 Å². The van der Waals surface area contributed by atoms with Crippen LogP contribution in [0.2, 0.25) is 0 Å². The molecule has 154 valence electrons. The molecule has 3 atom stereocenters. The minimum Gasteiger partial charge on any atom is -0.455 e. The van der Waals surface area contributed by atoms with Gasteiger partial charge in [0.25, 0.3) is 5.91 Å². The third-order valence-corrected chi connectivity index (χ3v) is 7.99. The molecule has 1 N–H and O–H groups in total. The summed E-state index contributed by atoms with van der Waals surface area (Å²) in [6, 6.07) is 0.726. The number of nitrogens with one attached hydrogen (secondary N) is 1. The molecule has 3 unspecified atom stereocenters. The number of carbonyl (C=O) groups excluding carboxylic acids is 1. The molecule has 5 nitrogen and oxygen atoms in total. The Hall–Kier alpha value is -1.27. The van der Waals surface area contributed by atoms with Gasteiger partial charge in [-0.3, -0.25) is 14.7 Å². The Bertz CT molecular complexity index is 766. The Labute approximate surface area is 172 Å². The van der Waals surface area contributed by atoms with E-state index in [2.05, 4.69) is 31.1 Å². The Morgan fingerprint density at radius 3 is 2.75 bits per heavy atom. The number of amides is 1. The van der Waals surface area contributed by atoms with Crippen molar-refractivity contribution in [1.29, 1.82) is 0 Å². The summed E-state index contributed by atoms with van der Waals surface area (Å²) in [6.07, 6.45) is 9.31. The third kappa shape index (κ3) is 3.65. The summed E-state index contributed by atoms with van der Waals surface area (Å²) < 4.78 is 6.10. The largest absolute Gasteiger partial charge is 0.455 e. The van der Waals surface area contributed by atoms with Crippen LogP contribution in [-0.4, -0.2) is 40.4 Å². The van der Waals surface area contributed by atoms with Gasteiger partial charge in [-0.2, -0.15) is 0 Å². The van der Waals surface area contributed by atoms with E-state index >= 15 is 0 Å². The highest BCUT2D eigenvalue weighted by atomic mass is 32.2. The van der Waals surface area contributed by atoms with Crippen LogP contribution >= 0.6 is 11.8 Å². The molecule has 0 bridgehead atoms. The van der Waals surface area contributed by atoms with Crippen LogP contribution in [0.25, 0.3) is 0 Å². The van der Waals surface area contributed by atoms with Crippen LogP contribution in [0.5, 0.6) is 0 Å². The molecule has 1 amide bonds. The highest BCUT2D eigenvalue weighted by Gasteiger charge is 2.39. The fourth-order valence-electron chi connectivity index (χ4n) is 5.16. The van der Waals surface area contributed by atoms with Gasteiger partial charge < -0.3 is 9.73 Å². The smallest absolute Gasteiger partial charge is 0.288 e. The third-order valence-electron chi connectivity index (χ3n) is 6.75. The summed E-state index contributed by atoms with van der Waals surface area (Å²) in [5.74, 6) is 1.38. The zero-order valence-corrected chi connectivity index (χ0v) is 18.4. The van der Waals surface area contributed by atoms with Crippen LogP contribution in [0.15, 0.2) is 9.41 Å². The Kier molecular flexibility index (Phi) is 5.88. The first-order valence-corrected chi connectivity index (χ1v) is 11.7. The number of hydrogen-bond donors (Lipinski definition) is 1. The maximum absolute atomic E-state index is 13.1. The van der Waals surface area contributed by atoms with Crippen LogP contribution in [0, 0.1) is 6.92 Å². The van der Waals surface area contributed by atoms with Crippen molar-refractivity contribution in [3.05, 3.63) is 22.6 Å². The highest BCUT2D eigenvalue weighted by molar-refractivity contribution is 8.14. The maximum atomic E-state index is 13.1. The van der Waals surface area contributed by atoms with Crippen molar-refractivity contribution in [3.8, 4) is 0 Å². The van der Waals surface area contributed by atoms with E-state index in [1.807, 2.05) is 18.7 Å². The molecular formula is C22H33N3O2S. The summed E-state index contributed by atoms with van der Waals surface area (Å²) in [7, 11) is 2.16. The number of rotatable bonds is 5. The number of aryl methyl sites for hydroxylation is 1. The van der Waals surface area contributed by atoms with Gasteiger partial charge in [0.2, 0.25) is 0 Å². The van der Waals surface area contributed by atoms with E-state index in [1.165, 1.54) is 37.7 Å². The summed E-state index contributed by atoms with van der Waals surface area (Å²) in [5, 5.41) is 4.90. The van der Waals surface area contributed by atoms with Gasteiger partial charge in [-0.15, -0.1) is 11.8 Å². The van der Waals surface area contributed by atoms with E-state index in [0.717, 1.165) is 35.6 Å². The Balaban J connectivity index is 1.51. The van der Waals surface area contributed by atoms with Crippen molar-refractivity contribution in [3.63, 3.8) is 0 Å². The standard InChI is InChI=1S/C22H33N3O2S/c1-5-18(25(4)15-9-7-6-8-10-15)24-22(26)21-13(2)19-16(27-21)11-12-17-20(19)23-14(3)28-17/h15,17-18,20H,5-12H2,1-4H3,(H,24,26). The number of nitrogens with zero attached hydrogens (tertiary/aromatic N) is 2. The molecule has 3 aliphatic rings. The van der Waals surface area contributed by atoms with Crippen LogP contribution in [0.4, 0.5) is 0 Å². The second-order valence-electron chi connectivity index (χ2n) is 8.54. The predicted molar refractivity (Wildman–Crippen MR) is 115 cm³/mol. The first-order chi connectivity index (χ1) is 13.5. The lowest BCUT2D eigenvalue weighted by Gasteiger charge is -2.37. The molecule has 28 heavy (non-hydrogen) atoms. The molecule has 1 aromatic rings. The van der Waals surface area contributed by atoms with Crippen molar-refractivity contribution in [1.82, 2.24) is 10.2 Å². The Morgan fingerprint density at radius 1 is 1.29 bits per heavy atom. The summed E-state index contributed by atoms with van der Waals surface area (Å²) in [6.45, 7) is 6.25. The number of furan rings is 1. The molecule has 2 heterocycles. The Morgan fingerprint density at radius 2 is 2.04 bits per heavy atom. The van der Waals surface area contributed by atoms with E-state index in [-0.39, 0.29) is 18.1 Å². The second kappa shape index (κ2) is 8.23. The van der Waals surface area contributed by atoms with Crippen LogP contribution in [-0.2, 0) is 6.42 Å². The van der Waals surface area contributed by atoms with Crippen LogP contribution < -0.4 is 5.32 Å². The van der Waals surface area contributed by atoms with Gasteiger partial charge in [0, 0.05) is 28.8 Å². The lowest BCUT2D eigenvalue weighted by Crippen LogP contribution is -2.50. The average Bonchev–Trinajstić information content (AvgIpc) is 3.25. The normalized spacial score (nSPS) is 26.0. The molecule has 1 aromatic heterocycles. The molecule has 0 saturated heterocycles. The minimum atomic E-state index is -0.0793. The van der Waals surface area contributed by atoms with Crippen molar-refractivity contribution in [2.24, 2.45) is 4.99 Å². The first-order valence-electron chi connectivity index (χ1n) is 10.9. The quantitative estimate of drug-likeness (QED) is 0.715. The molecule has 1 aliphatic heterocycles. The zero-order chi connectivity index (χ0) is 19.8. The zero-order valence-electron chi connectivity index (χ0n) is 17.6. The molecule has 0 aromatic carbocycles. The van der Waals surface area contributed by atoms with E-state index in [1.54, 1.807) is 0 Å². The molecule has 1 fully saturated rings. The molecule has 2 aliphatic carbocycles. The fraction of sp³-hybridized carbons (Fsp3) is 0.727. The highest BCUT2D eigenvalue weighted by Crippen LogP contribution is 2.47. The molecular weight excluding hydrogens is 370 g/mol. The molecule has 0 radical (unpaired) electrons. The SMILES string of the molecule is CCC(NC(=O)c1oc2c(c1C)C1N=C(C)SC1CC2)N(C)C1CCCCC1. The monoisotopic (exact) mass is 403 g/mol. The fourth-order valence-corrected chi connectivity index (χ4v) is 6.33. The molecule has 0 spiro atoms. The van der Waals surface area contributed by atoms with Crippen molar-refractivity contribution in [2.45, 2.75) is 95.6 Å². The summed E-state index contributed by atoms with van der Waals surface area (Å²) in [4.78, 5) is 20.3. The second-order valence-corrected chi connectivity index (χ2v) is 9.97. The van der Waals surface area contributed by atoms with Gasteiger partial charge in [0.1, 0.15) is 5.76 Å². The van der Waals surface area contributed by atoms with E-state index < -0.39 is 0 Å². The lowest BCUT2D eigenvalue weighted by atomic mass is 9.90.